The van der Waals surface area contributed by atoms with Gasteiger partial charge in [-0.25, -0.2) is 4.79 Å². The Hall–Kier alpha value is -1.79. The predicted molar refractivity (Wildman–Crippen MR) is 99.7 cm³/mol. The maximum Gasteiger partial charge on any atom is 0.315 e. The van der Waals surface area contributed by atoms with Crippen molar-refractivity contribution in [3.05, 3.63) is 29.8 Å². The van der Waals surface area contributed by atoms with Gasteiger partial charge < -0.3 is 25.5 Å². The van der Waals surface area contributed by atoms with Gasteiger partial charge in [0.15, 0.2) is 0 Å². The molecule has 0 unspecified atom stereocenters. The van der Waals surface area contributed by atoms with E-state index in [0.29, 0.717) is 13.1 Å². The summed E-state index contributed by atoms with van der Waals surface area (Å²) in [5, 5.41) is 15.7. The summed E-state index contributed by atoms with van der Waals surface area (Å²) in [5.41, 5.74) is 2.35. The summed E-state index contributed by atoms with van der Waals surface area (Å²) in [6.45, 7) is 5.21. The number of amides is 2. The maximum atomic E-state index is 12.1. The van der Waals surface area contributed by atoms with E-state index in [4.69, 9.17) is 0 Å². The highest BCUT2D eigenvalue weighted by Crippen LogP contribution is 2.24. The molecule has 0 radical (unpaired) electrons. The molecule has 0 bridgehead atoms. The Labute approximate surface area is 150 Å². The van der Waals surface area contributed by atoms with Crippen molar-refractivity contribution in [2.75, 3.05) is 44.7 Å². The van der Waals surface area contributed by atoms with Gasteiger partial charge >= 0.3 is 6.03 Å². The first kappa shape index (κ1) is 18.0. The Bertz CT molecular complexity index is 572. The van der Waals surface area contributed by atoms with Crippen LogP contribution < -0.4 is 15.5 Å². The van der Waals surface area contributed by atoms with E-state index in [-0.39, 0.29) is 18.1 Å². The fourth-order valence-electron chi connectivity index (χ4n) is 3.73. The number of hydrogen-bond acceptors (Lipinski definition) is 4. The Morgan fingerprint density at radius 1 is 1.16 bits per heavy atom. The molecule has 3 rings (SSSR count). The number of carbonyl (C=O) groups excluding carboxylic acids is 1. The van der Waals surface area contributed by atoms with Crippen molar-refractivity contribution >= 4 is 11.7 Å². The fraction of sp³-hybridized carbons (Fsp3) is 0.632. The molecule has 1 aliphatic heterocycles. The van der Waals surface area contributed by atoms with E-state index in [1.807, 2.05) is 6.07 Å². The van der Waals surface area contributed by atoms with E-state index in [1.54, 1.807) is 0 Å². The van der Waals surface area contributed by atoms with Crippen molar-refractivity contribution in [1.29, 1.82) is 0 Å². The van der Waals surface area contributed by atoms with E-state index in [1.165, 1.54) is 5.69 Å². The number of piperazine rings is 1. The van der Waals surface area contributed by atoms with Crippen LogP contribution in [0.25, 0.3) is 0 Å². The zero-order chi connectivity index (χ0) is 17.6. The van der Waals surface area contributed by atoms with E-state index in [9.17, 15) is 9.90 Å². The van der Waals surface area contributed by atoms with Crippen LogP contribution in [0.15, 0.2) is 24.3 Å². The van der Waals surface area contributed by atoms with Crippen molar-refractivity contribution in [3.8, 4) is 0 Å². The smallest absolute Gasteiger partial charge is 0.315 e. The zero-order valence-electron chi connectivity index (χ0n) is 15.1. The van der Waals surface area contributed by atoms with Crippen molar-refractivity contribution < 1.29 is 9.90 Å². The van der Waals surface area contributed by atoms with Gasteiger partial charge in [0.25, 0.3) is 0 Å². The summed E-state index contributed by atoms with van der Waals surface area (Å²) < 4.78 is 0. The molecule has 2 atom stereocenters. The van der Waals surface area contributed by atoms with Crippen molar-refractivity contribution in [3.63, 3.8) is 0 Å². The number of nitrogens with one attached hydrogen (secondary N) is 2. The van der Waals surface area contributed by atoms with Crippen LogP contribution >= 0.6 is 0 Å². The Balaban J connectivity index is 1.50. The molecule has 2 aliphatic rings. The third-order valence-electron chi connectivity index (χ3n) is 5.42. The fourth-order valence-corrected chi connectivity index (χ4v) is 3.73. The number of nitrogens with zero attached hydrogens (tertiary/aromatic N) is 2. The van der Waals surface area contributed by atoms with Crippen LogP contribution in [0.3, 0.4) is 0 Å². The highest BCUT2D eigenvalue weighted by Gasteiger charge is 2.25. The highest BCUT2D eigenvalue weighted by atomic mass is 16.3. The van der Waals surface area contributed by atoms with Gasteiger partial charge in [0.2, 0.25) is 0 Å². The van der Waals surface area contributed by atoms with E-state index < -0.39 is 0 Å². The molecule has 1 heterocycles. The number of urea groups is 1. The van der Waals surface area contributed by atoms with E-state index in [2.05, 4.69) is 45.7 Å². The number of aliphatic hydroxyl groups is 1. The zero-order valence-corrected chi connectivity index (χ0v) is 15.1. The number of para-hydroxylation sites is 1. The number of aliphatic hydroxyl groups excluding tert-OH is 1. The molecule has 1 saturated carbocycles. The summed E-state index contributed by atoms with van der Waals surface area (Å²) >= 11 is 0. The molecule has 6 nitrogen and oxygen atoms in total. The second-order valence-electron chi connectivity index (χ2n) is 7.24. The van der Waals surface area contributed by atoms with Gasteiger partial charge in [-0.15, -0.1) is 0 Å². The van der Waals surface area contributed by atoms with Crippen molar-refractivity contribution in [2.24, 2.45) is 5.92 Å². The lowest BCUT2D eigenvalue weighted by Gasteiger charge is -2.35. The molecule has 2 fully saturated rings. The second-order valence-corrected chi connectivity index (χ2v) is 7.24. The number of anilines is 1. The molecule has 3 N–H and O–H groups in total. The number of hydrogen-bond donors (Lipinski definition) is 3. The number of benzene rings is 1. The van der Waals surface area contributed by atoms with Gasteiger partial charge in [-0.1, -0.05) is 24.6 Å². The Morgan fingerprint density at radius 3 is 2.64 bits per heavy atom. The van der Waals surface area contributed by atoms with E-state index >= 15 is 0 Å². The Kier molecular flexibility index (Phi) is 6.15. The average molecular weight is 346 g/mol. The molecule has 6 heteroatoms. The molecular formula is C19H30N4O2. The van der Waals surface area contributed by atoms with Gasteiger partial charge in [0.1, 0.15) is 0 Å². The quantitative estimate of drug-likeness (QED) is 0.754. The molecule has 25 heavy (non-hydrogen) atoms. The highest BCUT2D eigenvalue weighted by molar-refractivity contribution is 5.74. The lowest BCUT2D eigenvalue weighted by molar-refractivity contribution is 0.132. The molecule has 1 saturated heterocycles. The first-order valence-corrected chi connectivity index (χ1v) is 9.34. The molecule has 138 valence electrons. The topological polar surface area (TPSA) is 67.8 Å². The minimum absolute atomic E-state index is 0.160. The lowest BCUT2D eigenvalue weighted by atomic mass is 10.1. The number of carbonyl (C=O) groups is 1. The van der Waals surface area contributed by atoms with Gasteiger partial charge in [-0.05, 0) is 31.5 Å². The molecule has 2 amide bonds. The van der Waals surface area contributed by atoms with Crippen LogP contribution in [0.1, 0.15) is 24.8 Å². The SMILES string of the molecule is CN1CCN(c2ccccc2CNC(=O)NC[C@@H]2CCC[C@@H]2O)CC1. The van der Waals surface area contributed by atoms with Gasteiger partial charge in [0.05, 0.1) is 6.10 Å². The van der Waals surface area contributed by atoms with Crippen molar-refractivity contribution in [2.45, 2.75) is 31.9 Å². The van der Waals surface area contributed by atoms with Crippen LogP contribution in [0.4, 0.5) is 10.5 Å². The summed E-state index contributed by atoms with van der Waals surface area (Å²) in [6.07, 6.45) is 2.63. The minimum atomic E-state index is -0.266. The lowest BCUT2D eigenvalue weighted by Crippen LogP contribution is -2.45. The third kappa shape index (κ3) is 4.86. The van der Waals surface area contributed by atoms with Crippen LogP contribution in [-0.4, -0.2) is 61.9 Å². The molecular weight excluding hydrogens is 316 g/mol. The second kappa shape index (κ2) is 8.54. The van der Waals surface area contributed by atoms with Crippen LogP contribution in [0, 0.1) is 5.92 Å². The first-order chi connectivity index (χ1) is 12.1. The average Bonchev–Trinajstić information content (AvgIpc) is 3.04. The normalized spacial score (nSPS) is 24.3. The standard InChI is InChI=1S/C19H30N4O2/c1-22-9-11-23(12-10-22)17-7-3-2-5-15(17)13-20-19(25)21-14-16-6-4-8-18(16)24/h2-3,5,7,16,18,24H,4,6,8-14H2,1H3,(H2,20,21,25)/t16-,18-/m0/s1. The monoisotopic (exact) mass is 346 g/mol. The molecule has 0 spiro atoms. The summed E-state index contributed by atoms with van der Waals surface area (Å²) in [7, 11) is 2.15. The van der Waals surface area contributed by atoms with Gasteiger partial charge in [-0.2, -0.15) is 0 Å². The molecule has 0 aromatic heterocycles. The summed E-state index contributed by atoms with van der Waals surface area (Å²) in [6, 6.07) is 8.12. The van der Waals surface area contributed by atoms with Crippen LogP contribution in [0.2, 0.25) is 0 Å². The Morgan fingerprint density at radius 2 is 1.92 bits per heavy atom. The number of rotatable bonds is 5. The third-order valence-corrected chi connectivity index (χ3v) is 5.42. The number of likely N-dealkylation sites (N-methyl/N-ethyl adjacent to an activating group) is 1. The summed E-state index contributed by atoms with van der Waals surface area (Å²) in [5.74, 6) is 0.198. The minimum Gasteiger partial charge on any atom is -0.393 e. The van der Waals surface area contributed by atoms with Crippen LogP contribution in [-0.2, 0) is 6.54 Å². The van der Waals surface area contributed by atoms with E-state index in [0.717, 1.165) is 51.0 Å². The van der Waals surface area contributed by atoms with Gasteiger partial charge in [-0.3, -0.25) is 0 Å². The van der Waals surface area contributed by atoms with Crippen LogP contribution in [0.5, 0.6) is 0 Å². The largest absolute Gasteiger partial charge is 0.393 e. The predicted octanol–water partition coefficient (Wildman–Crippen LogP) is 1.40. The summed E-state index contributed by atoms with van der Waals surface area (Å²) in [4.78, 5) is 16.8. The van der Waals surface area contributed by atoms with Gasteiger partial charge in [0, 0.05) is 50.9 Å². The molecule has 1 aromatic carbocycles. The molecule has 1 aromatic rings. The first-order valence-electron chi connectivity index (χ1n) is 9.34. The van der Waals surface area contributed by atoms with Crippen molar-refractivity contribution in [1.82, 2.24) is 15.5 Å². The molecule has 1 aliphatic carbocycles. The maximum absolute atomic E-state index is 12.1.